The molecule has 36 heavy (non-hydrogen) atoms. The molecule has 0 unspecified atom stereocenters. The van der Waals surface area contributed by atoms with Crippen LogP contribution in [0.5, 0.6) is 11.5 Å². The van der Waals surface area contributed by atoms with Gasteiger partial charge in [-0.3, -0.25) is 14.8 Å². The van der Waals surface area contributed by atoms with Crippen LogP contribution in [0.25, 0.3) is 0 Å². The molecule has 3 heterocycles. The number of amides is 1. The number of methoxy groups -OCH3 is 1. The molecule has 1 N–H and O–H groups in total. The summed E-state index contributed by atoms with van der Waals surface area (Å²) in [6.45, 7) is 9.03. The molecule has 0 aliphatic carbocycles. The summed E-state index contributed by atoms with van der Waals surface area (Å²) in [7, 11) is 1.69. The zero-order valence-electron chi connectivity index (χ0n) is 21.6. The Morgan fingerprint density at radius 2 is 1.94 bits per heavy atom. The summed E-state index contributed by atoms with van der Waals surface area (Å²) in [6, 6.07) is 13.8. The maximum absolute atomic E-state index is 13.0. The van der Waals surface area contributed by atoms with Gasteiger partial charge in [0.1, 0.15) is 5.60 Å². The second kappa shape index (κ2) is 9.08. The van der Waals surface area contributed by atoms with Gasteiger partial charge in [-0.25, -0.2) is 0 Å². The predicted molar refractivity (Wildman–Crippen MR) is 142 cm³/mol. The van der Waals surface area contributed by atoms with Crippen LogP contribution in [0, 0.1) is 0 Å². The van der Waals surface area contributed by atoms with Crippen LogP contribution in [0.15, 0.2) is 59.9 Å². The van der Waals surface area contributed by atoms with Crippen LogP contribution in [0.2, 0.25) is 0 Å². The Labute approximate surface area is 212 Å². The molecule has 0 bridgehead atoms. The van der Waals surface area contributed by atoms with Gasteiger partial charge in [-0.15, -0.1) is 0 Å². The molecule has 3 aromatic rings. The van der Waals surface area contributed by atoms with Gasteiger partial charge >= 0.3 is 0 Å². The number of nitrogens with zero attached hydrogens (tertiary/aromatic N) is 2. The first-order chi connectivity index (χ1) is 17.2. The average molecular weight is 484 g/mol. The Morgan fingerprint density at radius 1 is 1.11 bits per heavy atom. The van der Waals surface area contributed by atoms with Gasteiger partial charge in [0.05, 0.1) is 18.4 Å². The van der Waals surface area contributed by atoms with Gasteiger partial charge in [-0.05, 0) is 75.9 Å². The number of pyridine rings is 1. The highest BCUT2D eigenvalue weighted by Gasteiger charge is 2.39. The topological polar surface area (TPSA) is 72.8 Å². The molecule has 0 radical (unpaired) electrons. The van der Waals surface area contributed by atoms with Crippen molar-refractivity contribution in [1.29, 1.82) is 0 Å². The summed E-state index contributed by atoms with van der Waals surface area (Å²) >= 11 is 0. The molecule has 0 saturated carbocycles. The number of aromatic nitrogens is 1. The highest BCUT2D eigenvalue weighted by molar-refractivity contribution is 6.16. The molecule has 2 aliphatic heterocycles. The fraction of sp³-hybridized carbons (Fsp3) is 0.367. The van der Waals surface area contributed by atoms with Crippen LogP contribution in [-0.2, 0) is 19.3 Å². The number of fused-ring (bicyclic) bond motifs is 3. The van der Waals surface area contributed by atoms with E-state index in [0.717, 1.165) is 58.7 Å². The average Bonchev–Trinajstić information content (AvgIpc) is 3.17. The smallest absolute Gasteiger partial charge is 0.251 e. The fourth-order valence-electron chi connectivity index (χ4n) is 5.21. The molecule has 5 rings (SSSR count). The number of benzene rings is 2. The quantitative estimate of drug-likeness (QED) is 0.539. The molecular formula is C30H33N3O3. The minimum Gasteiger partial charge on any atom is -0.493 e. The van der Waals surface area contributed by atoms with E-state index in [1.54, 1.807) is 13.3 Å². The normalized spacial score (nSPS) is 16.9. The lowest BCUT2D eigenvalue weighted by Crippen LogP contribution is -2.31. The predicted octanol–water partition coefficient (Wildman–Crippen LogP) is 4.95. The molecular weight excluding hydrogens is 450 g/mol. The molecule has 0 fully saturated rings. The van der Waals surface area contributed by atoms with Gasteiger partial charge in [0, 0.05) is 47.6 Å². The first kappa shape index (κ1) is 24.0. The van der Waals surface area contributed by atoms with E-state index in [1.165, 1.54) is 5.56 Å². The monoisotopic (exact) mass is 483 g/mol. The van der Waals surface area contributed by atoms with Gasteiger partial charge in [0.2, 0.25) is 0 Å². The van der Waals surface area contributed by atoms with E-state index in [0.29, 0.717) is 12.1 Å². The standard InChI is InChI=1S/C30H33N3O3/c1-29(2)16-22-15-24(35-5)27-23(17-30(3,4)36-27)25(22)26(33-29)20-9-6-10-21(14-20)28(34)32-13-11-19-8-7-12-31-18-19/h6-10,12,14-15,18H,11,13,16-17H2,1-5H3,(H,32,34). The summed E-state index contributed by atoms with van der Waals surface area (Å²) in [4.78, 5) is 22.3. The van der Waals surface area contributed by atoms with E-state index in [9.17, 15) is 4.79 Å². The second-order valence-corrected chi connectivity index (χ2v) is 10.9. The zero-order chi connectivity index (χ0) is 25.5. The van der Waals surface area contributed by atoms with Crippen molar-refractivity contribution in [3.05, 3.63) is 88.2 Å². The van der Waals surface area contributed by atoms with Crippen molar-refractivity contribution in [3.8, 4) is 11.5 Å². The number of rotatable bonds is 6. The molecule has 0 saturated heterocycles. The summed E-state index contributed by atoms with van der Waals surface area (Å²) in [5, 5.41) is 3.04. The van der Waals surface area contributed by atoms with Crippen molar-refractivity contribution in [2.75, 3.05) is 13.7 Å². The lowest BCUT2D eigenvalue weighted by Gasteiger charge is -2.31. The summed E-state index contributed by atoms with van der Waals surface area (Å²) in [5.74, 6) is 1.48. The summed E-state index contributed by atoms with van der Waals surface area (Å²) in [6.07, 6.45) is 5.89. The number of ether oxygens (including phenoxy) is 2. The minimum atomic E-state index is -0.321. The Balaban J connectivity index is 1.48. The van der Waals surface area contributed by atoms with E-state index in [4.69, 9.17) is 14.5 Å². The van der Waals surface area contributed by atoms with Crippen molar-refractivity contribution in [3.63, 3.8) is 0 Å². The summed E-state index contributed by atoms with van der Waals surface area (Å²) in [5.41, 5.74) is 6.40. The molecule has 6 heteroatoms. The van der Waals surface area contributed by atoms with Crippen LogP contribution >= 0.6 is 0 Å². The second-order valence-electron chi connectivity index (χ2n) is 10.9. The number of hydrogen-bond acceptors (Lipinski definition) is 5. The summed E-state index contributed by atoms with van der Waals surface area (Å²) < 4.78 is 12.0. The van der Waals surface area contributed by atoms with E-state index in [1.807, 2.05) is 42.6 Å². The van der Waals surface area contributed by atoms with E-state index in [2.05, 4.69) is 44.1 Å². The third-order valence-electron chi connectivity index (χ3n) is 6.72. The van der Waals surface area contributed by atoms with Crippen LogP contribution in [-0.4, -0.2) is 41.4 Å². The van der Waals surface area contributed by atoms with Crippen molar-refractivity contribution in [1.82, 2.24) is 10.3 Å². The van der Waals surface area contributed by atoms with Gasteiger partial charge in [0.15, 0.2) is 11.5 Å². The Bertz CT molecular complexity index is 1340. The van der Waals surface area contributed by atoms with Crippen molar-refractivity contribution in [2.45, 2.75) is 58.1 Å². The molecule has 0 atom stereocenters. The number of nitrogens with one attached hydrogen (secondary N) is 1. The molecule has 1 amide bonds. The Kier molecular flexibility index (Phi) is 6.07. The van der Waals surface area contributed by atoms with Gasteiger partial charge in [0.25, 0.3) is 5.91 Å². The first-order valence-electron chi connectivity index (χ1n) is 12.5. The van der Waals surface area contributed by atoms with Gasteiger partial charge in [-0.2, -0.15) is 0 Å². The largest absolute Gasteiger partial charge is 0.493 e. The molecule has 2 aliphatic rings. The molecule has 2 aromatic carbocycles. The highest BCUT2D eigenvalue weighted by Crippen LogP contribution is 2.47. The molecule has 6 nitrogen and oxygen atoms in total. The van der Waals surface area contributed by atoms with E-state index in [-0.39, 0.29) is 17.0 Å². The Hall–Kier alpha value is -3.67. The number of hydrogen-bond donors (Lipinski definition) is 1. The third-order valence-corrected chi connectivity index (χ3v) is 6.72. The van der Waals surface area contributed by atoms with Crippen LogP contribution in [0.4, 0.5) is 0 Å². The minimum absolute atomic E-state index is 0.0962. The van der Waals surface area contributed by atoms with Crippen LogP contribution in [0.1, 0.15) is 65.9 Å². The van der Waals surface area contributed by atoms with E-state index < -0.39 is 0 Å². The van der Waals surface area contributed by atoms with Crippen molar-refractivity contribution < 1.29 is 14.3 Å². The number of aliphatic imine (C=N–C) groups is 1. The maximum Gasteiger partial charge on any atom is 0.251 e. The molecule has 0 spiro atoms. The van der Waals surface area contributed by atoms with E-state index >= 15 is 0 Å². The number of carbonyl (C=O) groups excluding carboxylic acids is 1. The lowest BCUT2D eigenvalue weighted by molar-refractivity contribution is 0.0954. The van der Waals surface area contributed by atoms with Crippen LogP contribution < -0.4 is 14.8 Å². The highest BCUT2D eigenvalue weighted by atomic mass is 16.5. The van der Waals surface area contributed by atoms with Crippen LogP contribution in [0.3, 0.4) is 0 Å². The first-order valence-corrected chi connectivity index (χ1v) is 12.5. The van der Waals surface area contributed by atoms with Gasteiger partial charge < -0.3 is 14.8 Å². The van der Waals surface area contributed by atoms with Crippen molar-refractivity contribution >= 4 is 11.6 Å². The maximum atomic E-state index is 13.0. The molecule has 1 aromatic heterocycles. The lowest BCUT2D eigenvalue weighted by atomic mass is 9.80. The molecule has 186 valence electrons. The third kappa shape index (κ3) is 4.72. The zero-order valence-corrected chi connectivity index (χ0v) is 21.6. The SMILES string of the molecule is COc1cc2c(c3c1OC(C)(C)C3)C(c1cccc(C(=O)NCCc3cccnc3)c1)=NC(C)(C)C2. The number of carbonyl (C=O) groups is 1. The van der Waals surface area contributed by atoms with Gasteiger partial charge in [-0.1, -0.05) is 18.2 Å². The fourth-order valence-corrected chi connectivity index (χ4v) is 5.21. The Morgan fingerprint density at radius 3 is 2.69 bits per heavy atom. The van der Waals surface area contributed by atoms with Crippen molar-refractivity contribution in [2.24, 2.45) is 4.99 Å².